The summed E-state index contributed by atoms with van der Waals surface area (Å²) in [4.78, 5) is 31.8. The summed E-state index contributed by atoms with van der Waals surface area (Å²) in [6, 6.07) is 15.2. The van der Waals surface area contributed by atoms with Gasteiger partial charge in [-0.15, -0.1) is 0 Å². The van der Waals surface area contributed by atoms with Crippen molar-refractivity contribution in [3.63, 3.8) is 0 Å². The highest BCUT2D eigenvalue weighted by Gasteiger charge is 2.20. The van der Waals surface area contributed by atoms with E-state index < -0.39 is 17.4 Å². The number of fused-ring (bicyclic) bond motifs is 1. The van der Waals surface area contributed by atoms with Crippen LogP contribution in [0, 0.1) is 0 Å². The smallest absolute Gasteiger partial charge is 0.330 e. The maximum absolute atomic E-state index is 12.5. The molecule has 0 bridgehead atoms. The summed E-state index contributed by atoms with van der Waals surface area (Å²) >= 11 is 0. The minimum atomic E-state index is -0.733. The van der Waals surface area contributed by atoms with Gasteiger partial charge in [0.25, 0.3) is 5.56 Å². The standard InChI is InChI=1S/C24H26N4O5/c1-4-17(29)13-28-22-20(23(30)26-24(28)31)27(2)21(25-22)16-10-11-18(19(12-16)32-3)33-14-15-8-6-5-7-9-15/h5-12,17,29H,4,13-14H2,1-3H3,(H,26,30,31). The second-order valence-corrected chi connectivity index (χ2v) is 7.74. The lowest BCUT2D eigenvalue weighted by atomic mass is 10.2. The average molecular weight is 450 g/mol. The average Bonchev–Trinajstić information content (AvgIpc) is 3.18. The van der Waals surface area contributed by atoms with Crippen LogP contribution >= 0.6 is 0 Å². The van der Waals surface area contributed by atoms with Crippen LogP contribution in [0.4, 0.5) is 0 Å². The van der Waals surface area contributed by atoms with Crippen molar-refractivity contribution in [3.8, 4) is 22.9 Å². The van der Waals surface area contributed by atoms with Crippen molar-refractivity contribution in [2.45, 2.75) is 32.6 Å². The Bertz CT molecular complexity index is 1390. The summed E-state index contributed by atoms with van der Waals surface area (Å²) in [6.07, 6.45) is -0.266. The summed E-state index contributed by atoms with van der Waals surface area (Å²) in [6.45, 7) is 2.25. The molecule has 9 heteroatoms. The number of methoxy groups -OCH3 is 1. The Labute approximate surface area is 189 Å². The molecule has 4 rings (SSSR count). The molecule has 0 amide bonds. The zero-order valence-corrected chi connectivity index (χ0v) is 18.7. The largest absolute Gasteiger partial charge is 0.493 e. The fourth-order valence-corrected chi connectivity index (χ4v) is 3.67. The van der Waals surface area contributed by atoms with Gasteiger partial charge in [0.05, 0.1) is 19.8 Å². The summed E-state index contributed by atoms with van der Waals surface area (Å²) < 4.78 is 14.4. The first-order valence-electron chi connectivity index (χ1n) is 10.7. The first kappa shape index (κ1) is 22.3. The number of ether oxygens (including phenoxy) is 2. The second kappa shape index (κ2) is 9.33. The molecule has 1 unspecified atom stereocenters. The maximum atomic E-state index is 12.5. The molecule has 2 aromatic carbocycles. The van der Waals surface area contributed by atoms with Crippen LogP contribution in [-0.4, -0.2) is 37.4 Å². The molecule has 0 fully saturated rings. The molecule has 172 valence electrons. The van der Waals surface area contributed by atoms with Crippen LogP contribution in [-0.2, 0) is 20.2 Å². The van der Waals surface area contributed by atoms with Crippen LogP contribution in [0.2, 0.25) is 0 Å². The van der Waals surface area contributed by atoms with E-state index in [1.165, 1.54) is 4.57 Å². The molecule has 4 aromatic rings. The number of benzene rings is 2. The zero-order chi connectivity index (χ0) is 23.5. The van der Waals surface area contributed by atoms with E-state index in [2.05, 4.69) is 9.97 Å². The number of rotatable bonds is 8. The van der Waals surface area contributed by atoms with Crippen LogP contribution in [0.15, 0.2) is 58.1 Å². The van der Waals surface area contributed by atoms with Gasteiger partial charge < -0.3 is 19.1 Å². The van der Waals surface area contributed by atoms with Crippen molar-refractivity contribution < 1.29 is 14.6 Å². The third-order valence-corrected chi connectivity index (χ3v) is 5.54. The molecule has 0 aliphatic rings. The molecular weight excluding hydrogens is 424 g/mol. The Hall–Kier alpha value is -3.85. The van der Waals surface area contributed by atoms with E-state index in [1.807, 2.05) is 43.3 Å². The summed E-state index contributed by atoms with van der Waals surface area (Å²) in [5, 5.41) is 10.1. The SMILES string of the molecule is CCC(O)Cn1c(=O)[nH]c(=O)c2c1nc(-c1ccc(OCc3ccccc3)c(OC)c1)n2C. The number of aromatic amines is 1. The van der Waals surface area contributed by atoms with Crippen molar-refractivity contribution in [2.75, 3.05) is 7.11 Å². The van der Waals surface area contributed by atoms with Crippen molar-refractivity contribution in [2.24, 2.45) is 7.05 Å². The number of nitrogens with one attached hydrogen (secondary N) is 1. The lowest BCUT2D eigenvalue weighted by Crippen LogP contribution is -2.33. The summed E-state index contributed by atoms with van der Waals surface area (Å²) in [7, 11) is 3.26. The van der Waals surface area contributed by atoms with Crippen LogP contribution in [0.25, 0.3) is 22.6 Å². The number of hydrogen-bond acceptors (Lipinski definition) is 6. The molecule has 0 saturated carbocycles. The minimum absolute atomic E-state index is 0.0364. The molecule has 2 heterocycles. The van der Waals surface area contributed by atoms with Gasteiger partial charge >= 0.3 is 5.69 Å². The van der Waals surface area contributed by atoms with E-state index in [0.29, 0.717) is 35.9 Å². The Balaban J connectivity index is 1.74. The van der Waals surface area contributed by atoms with Gasteiger partial charge in [0.2, 0.25) is 0 Å². The van der Waals surface area contributed by atoms with Gasteiger partial charge in [0.15, 0.2) is 22.7 Å². The van der Waals surface area contributed by atoms with E-state index in [-0.39, 0.29) is 17.7 Å². The Kier molecular flexibility index (Phi) is 6.32. The van der Waals surface area contributed by atoms with E-state index in [1.54, 1.807) is 30.9 Å². The quantitative estimate of drug-likeness (QED) is 0.427. The van der Waals surface area contributed by atoms with E-state index in [0.717, 1.165) is 5.56 Å². The number of aliphatic hydroxyl groups is 1. The zero-order valence-electron chi connectivity index (χ0n) is 18.7. The summed E-state index contributed by atoms with van der Waals surface area (Å²) in [5.74, 6) is 1.57. The molecule has 0 aliphatic carbocycles. The second-order valence-electron chi connectivity index (χ2n) is 7.74. The molecule has 1 atom stereocenters. The highest BCUT2D eigenvalue weighted by molar-refractivity contribution is 5.77. The Morgan fingerprint density at radius 2 is 1.88 bits per heavy atom. The Morgan fingerprint density at radius 1 is 1.12 bits per heavy atom. The lowest BCUT2D eigenvalue weighted by molar-refractivity contribution is 0.149. The number of aryl methyl sites for hydroxylation is 1. The predicted octanol–water partition coefficient (Wildman–Crippen LogP) is 2.45. The van der Waals surface area contributed by atoms with Crippen LogP contribution in [0.5, 0.6) is 11.5 Å². The minimum Gasteiger partial charge on any atom is -0.493 e. The fourth-order valence-electron chi connectivity index (χ4n) is 3.67. The van der Waals surface area contributed by atoms with E-state index >= 15 is 0 Å². The van der Waals surface area contributed by atoms with Crippen molar-refractivity contribution >= 4 is 11.2 Å². The van der Waals surface area contributed by atoms with E-state index in [4.69, 9.17) is 9.47 Å². The fraction of sp³-hybridized carbons (Fsp3) is 0.292. The number of H-pyrrole nitrogens is 1. The van der Waals surface area contributed by atoms with Crippen LogP contribution in [0.1, 0.15) is 18.9 Å². The molecule has 0 saturated heterocycles. The van der Waals surface area contributed by atoms with Gasteiger partial charge in [-0.2, -0.15) is 0 Å². The third-order valence-electron chi connectivity index (χ3n) is 5.54. The first-order valence-corrected chi connectivity index (χ1v) is 10.7. The topological polar surface area (TPSA) is 111 Å². The van der Waals surface area contributed by atoms with Gasteiger partial charge in [-0.05, 0) is 30.2 Å². The lowest BCUT2D eigenvalue weighted by Gasteiger charge is -2.12. The van der Waals surface area contributed by atoms with Gasteiger partial charge in [-0.1, -0.05) is 37.3 Å². The van der Waals surface area contributed by atoms with Gasteiger partial charge in [0.1, 0.15) is 12.4 Å². The molecule has 2 aromatic heterocycles. The molecule has 33 heavy (non-hydrogen) atoms. The summed E-state index contributed by atoms with van der Waals surface area (Å²) in [5.41, 5.74) is 1.05. The monoisotopic (exact) mass is 450 g/mol. The highest BCUT2D eigenvalue weighted by atomic mass is 16.5. The molecule has 9 nitrogen and oxygen atoms in total. The predicted molar refractivity (Wildman–Crippen MR) is 125 cm³/mol. The van der Waals surface area contributed by atoms with Crippen molar-refractivity contribution in [1.29, 1.82) is 0 Å². The number of aromatic nitrogens is 4. The molecule has 2 N–H and O–H groups in total. The van der Waals surface area contributed by atoms with Gasteiger partial charge in [0, 0.05) is 12.6 Å². The molecule has 0 radical (unpaired) electrons. The number of imidazole rings is 1. The van der Waals surface area contributed by atoms with Crippen molar-refractivity contribution in [1.82, 2.24) is 19.1 Å². The maximum Gasteiger partial charge on any atom is 0.330 e. The van der Waals surface area contributed by atoms with Gasteiger partial charge in [-0.25, -0.2) is 9.78 Å². The number of hydrogen-bond donors (Lipinski definition) is 2. The Morgan fingerprint density at radius 3 is 2.58 bits per heavy atom. The molecule has 0 spiro atoms. The molecule has 0 aliphatic heterocycles. The van der Waals surface area contributed by atoms with Gasteiger partial charge in [-0.3, -0.25) is 14.3 Å². The normalized spacial score (nSPS) is 12.1. The molecular formula is C24H26N4O5. The van der Waals surface area contributed by atoms with E-state index in [9.17, 15) is 14.7 Å². The van der Waals surface area contributed by atoms with Crippen LogP contribution < -0.4 is 20.7 Å². The number of aliphatic hydroxyl groups excluding tert-OH is 1. The first-order chi connectivity index (χ1) is 15.9. The van der Waals surface area contributed by atoms with Crippen LogP contribution in [0.3, 0.4) is 0 Å². The number of nitrogens with zero attached hydrogens (tertiary/aromatic N) is 3. The van der Waals surface area contributed by atoms with Crippen molar-refractivity contribution in [3.05, 3.63) is 74.9 Å². The third kappa shape index (κ3) is 4.40. The highest BCUT2D eigenvalue weighted by Crippen LogP contribution is 2.33.